The van der Waals surface area contributed by atoms with E-state index in [1.807, 2.05) is 42.5 Å². The third kappa shape index (κ3) is 4.89. The number of nitriles is 1. The van der Waals surface area contributed by atoms with Gasteiger partial charge in [-0.25, -0.2) is 4.79 Å². The number of anilines is 1. The zero-order valence-corrected chi connectivity index (χ0v) is 15.7. The summed E-state index contributed by atoms with van der Waals surface area (Å²) in [4.78, 5) is 25.4. The summed E-state index contributed by atoms with van der Waals surface area (Å²) in [5.41, 5.74) is 1.66. The summed E-state index contributed by atoms with van der Waals surface area (Å²) in [6, 6.07) is 18.6. The lowest BCUT2D eigenvalue weighted by Crippen LogP contribution is -2.57. The largest absolute Gasteiger partial charge is 0.334 e. The van der Waals surface area contributed by atoms with Crippen LogP contribution < -0.4 is 16.0 Å². The quantitative estimate of drug-likeness (QED) is 0.720. The molecule has 1 saturated carbocycles. The fourth-order valence-corrected chi connectivity index (χ4v) is 3.48. The first-order valence-corrected chi connectivity index (χ1v) is 9.49. The average molecular weight is 376 g/mol. The standard InChI is InChI=1S/C22H24N4O2/c23-15-12-17-8-10-19(11-9-17)25-20(27)22(13-4-5-14-22)26-21(28)24-16-18-6-2-1-3-7-18/h1-3,6-11H,4-5,12-14,16H2,(H,25,27)(H2,24,26,28). The number of benzene rings is 2. The van der Waals surface area contributed by atoms with Crippen molar-refractivity contribution in [3.8, 4) is 6.07 Å². The van der Waals surface area contributed by atoms with E-state index in [9.17, 15) is 9.59 Å². The molecule has 6 heteroatoms. The Labute approximate surface area is 164 Å². The van der Waals surface area contributed by atoms with Crippen LogP contribution in [0.3, 0.4) is 0 Å². The van der Waals surface area contributed by atoms with Crippen molar-refractivity contribution in [2.75, 3.05) is 5.32 Å². The second-order valence-electron chi connectivity index (χ2n) is 7.07. The lowest BCUT2D eigenvalue weighted by molar-refractivity contribution is -0.121. The Bertz CT molecular complexity index is 850. The summed E-state index contributed by atoms with van der Waals surface area (Å²) >= 11 is 0. The SMILES string of the molecule is N#CCc1ccc(NC(=O)C2(NC(=O)NCc3ccccc3)CCCC2)cc1. The number of hydrogen-bond donors (Lipinski definition) is 3. The van der Waals surface area contributed by atoms with E-state index >= 15 is 0 Å². The highest BCUT2D eigenvalue weighted by molar-refractivity contribution is 6.00. The maximum Gasteiger partial charge on any atom is 0.315 e. The molecule has 0 aliphatic heterocycles. The van der Waals surface area contributed by atoms with Crippen molar-refractivity contribution in [2.24, 2.45) is 0 Å². The number of urea groups is 1. The van der Waals surface area contributed by atoms with Crippen molar-refractivity contribution in [3.63, 3.8) is 0 Å². The van der Waals surface area contributed by atoms with Crippen LogP contribution in [0.5, 0.6) is 0 Å². The van der Waals surface area contributed by atoms with Crippen LogP contribution in [0.1, 0.15) is 36.8 Å². The van der Waals surface area contributed by atoms with Gasteiger partial charge < -0.3 is 16.0 Å². The van der Waals surface area contributed by atoms with E-state index in [-0.39, 0.29) is 11.9 Å². The summed E-state index contributed by atoms with van der Waals surface area (Å²) in [7, 11) is 0. The minimum atomic E-state index is -0.897. The maximum atomic E-state index is 13.0. The highest BCUT2D eigenvalue weighted by Gasteiger charge is 2.42. The molecular formula is C22H24N4O2. The molecule has 0 saturated heterocycles. The van der Waals surface area contributed by atoms with Gasteiger partial charge in [0.1, 0.15) is 5.54 Å². The highest BCUT2D eigenvalue weighted by atomic mass is 16.2. The Hall–Kier alpha value is -3.33. The maximum absolute atomic E-state index is 13.0. The number of carbonyl (C=O) groups excluding carboxylic acids is 2. The Morgan fingerprint density at radius 1 is 0.964 bits per heavy atom. The van der Waals surface area contributed by atoms with E-state index in [1.165, 1.54) is 0 Å². The van der Waals surface area contributed by atoms with Gasteiger partial charge in [-0.05, 0) is 36.1 Å². The van der Waals surface area contributed by atoms with E-state index < -0.39 is 5.54 Å². The third-order valence-electron chi connectivity index (χ3n) is 5.04. The van der Waals surface area contributed by atoms with Gasteiger partial charge in [-0.3, -0.25) is 4.79 Å². The Morgan fingerprint density at radius 2 is 1.64 bits per heavy atom. The van der Waals surface area contributed by atoms with Crippen LogP contribution in [0.25, 0.3) is 0 Å². The number of nitrogens with zero attached hydrogens (tertiary/aromatic N) is 1. The van der Waals surface area contributed by atoms with Crippen molar-refractivity contribution in [3.05, 3.63) is 65.7 Å². The lowest BCUT2D eigenvalue weighted by atomic mass is 9.96. The van der Waals surface area contributed by atoms with Crippen molar-refractivity contribution in [1.82, 2.24) is 10.6 Å². The monoisotopic (exact) mass is 376 g/mol. The van der Waals surface area contributed by atoms with E-state index in [1.54, 1.807) is 12.1 Å². The molecule has 0 atom stereocenters. The molecule has 0 spiro atoms. The van der Waals surface area contributed by atoms with Gasteiger partial charge >= 0.3 is 6.03 Å². The van der Waals surface area contributed by atoms with Crippen LogP contribution in [-0.4, -0.2) is 17.5 Å². The van der Waals surface area contributed by atoms with Crippen LogP contribution in [0.4, 0.5) is 10.5 Å². The van der Waals surface area contributed by atoms with E-state index in [0.717, 1.165) is 24.0 Å². The first-order chi connectivity index (χ1) is 13.6. The van der Waals surface area contributed by atoms with Crippen LogP contribution in [0.2, 0.25) is 0 Å². The molecule has 144 valence electrons. The zero-order chi connectivity index (χ0) is 19.8. The molecule has 3 rings (SSSR count). The van der Waals surface area contributed by atoms with E-state index in [0.29, 0.717) is 31.5 Å². The van der Waals surface area contributed by atoms with Crippen LogP contribution in [0.15, 0.2) is 54.6 Å². The lowest BCUT2D eigenvalue weighted by Gasteiger charge is -2.29. The van der Waals surface area contributed by atoms with Gasteiger partial charge in [0.2, 0.25) is 5.91 Å². The fraction of sp³-hybridized carbons (Fsp3) is 0.318. The highest BCUT2D eigenvalue weighted by Crippen LogP contribution is 2.31. The molecule has 0 bridgehead atoms. The molecule has 6 nitrogen and oxygen atoms in total. The first-order valence-electron chi connectivity index (χ1n) is 9.49. The molecule has 1 fully saturated rings. The zero-order valence-electron chi connectivity index (χ0n) is 15.7. The van der Waals surface area contributed by atoms with Crippen molar-refractivity contribution in [2.45, 2.75) is 44.2 Å². The summed E-state index contributed by atoms with van der Waals surface area (Å²) in [6.07, 6.45) is 3.36. The molecular weight excluding hydrogens is 352 g/mol. The topological polar surface area (TPSA) is 94.0 Å². The average Bonchev–Trinajstić information content (AvgIpc) is 3.19. The molecule has 1 aliphatic carbocycles. The van der Waals surface area contributed by atoms with E-state index in [2.05, 4.69) is 22.0 Å². The fourth-order valence-electron chi connectivity index (χ4n) is 3.48. The minimum Gasteiger partial charge on any atom is -0.334 e. The van der Waals surface area contributed by atoms with Crippen molar-refractivity contribution in [1.29, 1.82) is 5.26 Å². The summed E-state index contributed by atoms with van der Waals surface area (Å²) in [5, 5.41) is 17.4. The minimum absolute atomic E-state index is 0.201. The van der Waals surface area contributed by atoms with Gasteiger partial charge in [-0.15, -0.1) is 0 Å². The number of rotatable bonds is 6. The van der Waals surface area contributed by atoms with Gasteiger partial charge in [0.15, 0.2) is 0 Å². The van der Waals surface area contributed by atoms with Crippen molar-refractivity contribution < 1.29 is 9.59 Å². The van der Waals surface area contributed by atoms with E-state index in [4.69, 9.17) is 5.26 Å². The van der Waals surface area contributed by atoms with Crippen molar-refractivity contribution >= 4 is 17.6 Å². The second-order valence-corrected chi connectivity index (χ2v) is 7.07. The number of amides is 3. The molecule has 0 heterocycles. The number of carbonyl (C=O) groups is 2. The molecule has 28 heavy (non-hydrogen) atoms. The van der Waals surface area contributed by atoms with Crippen LogP contribution in [-0.2, 0) is 17.8 Å². The Kier molecular flexibility index (Phi) is 6.28. The second kappa shape index (κ2) is 9.05. The van der Waals surface area contributed by atoms with Gasteiger partial charge in [-0.2, -0.15) is 5.26 Å². The Morgan fingerprint density at radius 3 is 2.29 bits per heavy atom. The first kappa shape index (κ1) is 19.4. The van der Waals surface area contributed by atoms with Gasteiger partial charge in [-0.1, -0.05) is 55.3 Å². The smallest absolute Gasteiger partial charge is 0.315 e. The molecule has 0 radical (unpaired) electrons. The van der Waals surface area contributed by atoms with Gasteiger partial charge in [0.25, 0.3) is 0 Å². The molecule has 2 aromatic carbocycles. The summed E-state index contributed by atoms with van der Waals surface area (Å²) < 4.78 is 0. The molecule has 0 unspecified atom stereocenters. The molecule has 3 N–H and O–H groups in total. The van der Waals surface area contributed by atoms with Crippen LogP contribution >= 0.6 is 0 Å². The molecule has 3 amide bonds. The predicted molar refractivity (Wildman–Crippen MR) is 107 cm³/mol. The number of hydrogen-bond acceptors (Lipinski definition) is 3. The third-order valence-corrected chi connectivity index (χ3v) is 5.04. The number of nitrogens with one attached hydrogen (secondary N) is 3. The molecule has 0 aromatic heterocycles. The Balaban J connectivity index is 1.61. The predicted octanol–water partition coefficient (Wildman–Crippen LogP) is 3.50. The van der Waals surface area contributed by atoms with Gasteiger partial charge in [0, 0.05) is 12.2 Å². The molecule has 2 aromatic rings. The normalized spacial score (nSPS) is 14.7. The van der Waals surface area contributed by atoms with Gasteiger partial charge in [0.05, 0.1) is 12.5 Å². The van der Waals surface area contributed by atoms with Crippen LogP contribution in [0, 0.1) is 11.3 Å². The summed E-state index contributed by atoms with van der Waals surface area (Å²) in [6.45, 7) is 0.407. The molecule has 1 aliphatic rings. The summed E-state index contributed by atoms with van der Waals surface area (Å²) in [5.74, 6) is -0.201.